The number of thioether (sulfide) groups is 1. The lowest BCUT2D eigenvalue weighted by Gasteiger charge is -2.18. The van der Waals surface area contributed by atoms with E-state index in [0.29, 0.717) is 18.7 Å². The number of hydrogen-bond acceptors (Lipinski definition) is 4. The number of rotatable bonds is 8. The summed E-state index contributed by atoms with van der Waals surface area (Å²) in [7, 11) is 0. The first-order valence-corrected chi connectivity index (χ1v) is 7.66. The second-order valence-corrected chi connectivity index (χ2v) is 5.44. The van der Waals surface area contributed by atoms with Gasteiger partial charge < -0.3 is 20.3 Å². The maximum atomic E-state index is 11.7. The number of urea groups is 1. The molecule has 8 heteroatoms. The Balaban J connectivity index is 2.38. The van der Waals surface area contributed by atoms with Crippen LogP contribution in [-0.4, -0.2) is 50.8 Å². The van der Waals surface area contributed by atoms with Gasteiger partial charge in [-0.1, -0.05) is 0 Å². The Labute approximate surface area is 122 Å². The molecular formula is C12H20N4O3S. The van der Waals surface area contributed by atoms with E-state index in [1.54, 1.807) is 30.5 Å². The highest BCUT2D eigenvalue weighted by Gasteiger charge is 2.20. The van der Waals surface area contributed by atoms with Gasteiger partial charge in [-0.2, -0.15) is 11.8 Å². The van der Waals surface area contributed by atoms with Crippen molar-refractivity contribution in [2.24, 2.45) is 0 Å². The van der Waals surface area contributed by atoms with E-state index in [4.69, 9.17) is 5.11 Å². The molecule has 0 saturated carbocycles. The molecule has 1 aromatic heterocycles. The number of nitrogens with one attached hydrogen (secondary N) is 2. The summed E-state index contributed by atoms with van der Waals surface area (Å²) in [5.74, 6) is -0.335. The third kappa shape index (κ3) is 5.96. The van der Waals surface area contributed by atoms with E-state index >= 15 is 0 Å². The Hall–Kier alpha value is -1.70. The molecule has 20 heavy (non-hydrogen) atoms. The minimum absolute atomic E-state index is 0.126. The monoisotopic (exact) mass is 300 g/mol. The maximum Gasteiger partial charge on any atom is 0.326 e. The van der Waals surface area contributed by atoms with Crippen molar-refractivity contribution in [3.8, 4) is 0 Å². The van der Waals surface area contributed by atoms with Crippen LogP contribution in [0.25, 0.3) is 0 Å². The van der Waals surface area contributed by atoms with Gasteiger partial charge in [-0.15, -0.1) is 0 Å². The predicted molar refractivity (Wildman–Crippen MR) is 77.8 cm³/mol. The van der Waals surface area contributed by atoms with Crippen molar-refractivity contribution in [1.82, 2.24) is 20.2 Å². The minimum atomic E-state index is -1.02. The number of imidazole rings is 1. The third-order valence-electron chi connectivity index (χ3n) is 2.64. The molecule has 0 aliphatic heterocycles. The van der Waals surface area contributed by atoms with Gasteiger partial charge in [0.25, 0.3) is 0 Å². The number of hydrogen-bond donors (Lipinski definition) is 3. The lowest BCUT2D eigenvalue weighted by atomic mass is 10.2. The molecule has 2 amide bonds. The number of carboxylic acids is 1. The first kappa shape index (κ1) is 16.4. The summed E-state index contributed by atoms with van der Waals surface area (Å²) < 4.78 is 1.84. The minimum Gasteiger partial charge on any atom is -0.480 e. The second-order valence-electron chi connectivity index (χ2n) is 4.45. The summed E-state index contributed by atoms with van der Waals surface area (Å²) in [5.41, 5.74) is 0. The van der Waals surface area contributed by atoms with Crippen molar-refractivity contribution in [2.75, 3.05) is 12.0 Å². The van der Waals surface area contributed by atoms with Gasteiger partial charge in [0, 0.05) is 25.0 Å². The fourth-order valence-corrected chi connectivity index (χ4v) is 2.14. The van der Waals surface area contributed by atoms with Crippen molar-refractivity contribution in [3.05, 3.63) is 18.7 Å². The Morgan fingerprint density at radius 3 is 2.75 bits per heavy atom. The largest absolute Gasteiger partial charge is 0.480 e. The van der Waals surface area contributed by atoms with E-state index in [2.05, 4.69) is 15.6 Å². The van der Waals surface area contributed by atoms with Gasteiger partial charge in [0.05, 0.1) is 6.33 Å². The Kier molecular flexibility index (Phi) is 6.92. The van der Waals surface area contributed by atoms with Crippen LogP contribution in [0.15, 0.2) is 18.7 Å². The molecule has 1 aromatic rings. The zero-order chi connectivity index (χ0) is 15.0. The van der Waals surface area contributed by atoms with Crippen LogP contribution < -0.4 is 10.6 Å². The molecule has 0 fully saturated rings. The summed E-state index contributed by atoms with van der Waals surface area (Å²) in [6.07, 6.45) is 7.42. The first-order chi connectivity index (χ1) is 9.52. The van der Waals surface area contributed by atoms with Crippen LogP contribution in [0, 0.1) is 0 Å². The smallest absolute Gasteiger partial charge is 0.326 e. The van der Waals surface area contributed by atoms with Crippen LogP contribution in [0.3, 0.4) is 0 Å². The number of nitrogens with zero attached hydrogens (tertiary/aromatic N) is 2. The molecule has 0 saturated heterocycles. The molecular weight excluding hydrogens is 280 g/mol. The van der Waals surface area contributed by atoms with E-state index in [0.717, 1.165) is 0 Å². The Bertz CT molecular complexity index is 424. The summed E-state index contributed by atoms with van der Waals surface area (Å²) in [4.78, 5) is 26.7. The van der Waals surface area contributed by atoms with E-state index in [9.17, 15) is 9.59 Å². The van der Waals surface area contributed by atoms with Gasteiger partial charge in [-0.3, -0.25) is 0 Å². The number of amides is 2. The van der Waals surface area contributed by atoms with Gasteiger partial charge in [0.1, 0.15) is 6.04 Å². The number of carboxylic acid groups (broad SMARTS) is 1. The molecule has 0 aliphatic carbocycles. The molecule has 3 N–H and O–H groups in total. The Morgan fingerprint density at radius 2 is 2.20 bits per heavy atom. The molecule has 1 unspecified atom stereocenters. The summed E-state index contributed by atoms with van der Waals surface area (Å²) in [6.45, 7) is 2.42. The van der Waals surface area contributed by atoms with Crippen molar-refractivity contribution in [1.29, 1.82) is 0 Å². The third-order valence-corrected chi connectivity index (χ3v) is 3.28. The van der Waals surface area contributed by atoms with Crippen LogP contribution in [0.4, 0.5) is 4.79 Å². The van der Waals surface area contributed by atoms with Gasteiger partial charge in [0.2, 0.25) is 0 Å². The maximum absolute atomic E-state index is 11.7. The van der Waals surface area contributed by atoms with Gasteiger partial charge in [-0.05, 0) is 25.4 Å². The molecule has 0 spiro atoms. The normalized spacial score (nSPS) is 13.5. The predicted octanol–water partition coefficient (Wildman–Crippen LogP) is 0.777. The van der Waals surface area contributed by atoms with Crippen molar-refractivity contribution < 1.29 is 14.7 Å². The molecule has 7 nitrogen and oxygen atoms in total. The highest BCUT2D eigenvalue weighted by molar-refractivity contribution is 7.98. The number of aliphatic carboxylic acids is 1. The van der Waals surface area contributed by atoms with Gasteiger partial charge in [-0.25, -0.2) is 14.6 Å². The van der Waals surface area contributed by atoms with Crippen molar-refractivity contribution in [2.45, 2.75) is 32.0 Å². The standard InChI is InChI=1S/C12H20N4O3S/c1-9(7-16-5-4-13-8-16)14-12(19)15-10(11(17)18)3-6-20-2/h4-5,8-10H,3,6-7H2,1-2H3,(H,17,18)(H2,14,15,19)/t9?,10-/m0/s1. The molecule has 0 radical (unpaired) electrons. The average molecular weight is 300 g/mol. The molecule has 1 rings (SSSR count). The lowest BCUT2D eigenvalue weighted by molar-refractivity contribution is -0.139. The number of aromatic nitrogens is 2. The van der Waals surface area contributed by atoms with Crippen LogP contribution in [0.2, 0.25) is 0 Å². The first-order valence-electron chi connectivity index (χ1n) is 6.27. The van der Waals surface area contributed by atoms with E-state index < -0.39 is 18.0 Å². The van der Waals surface area contributed by atoms with Crippen LogP contribution >= 0.6 is 11.8 Å². The van der Waals surface area contributed by atoms with Crippen LogP contribution in [0.1, 0.15) is 13.3 Å². The summed E-state index contributed by atoms with van der Waals surface area (Å²) in [6, 6.07) is -1.45. The second kappa shape index (κ2) is 8.47. The van der Waals surface area contributed by atoms with Crippen LogP contribution in [0.5, 0.6) is 0 Å². The molecule has 0 aliphatic rings. The molecule has 2 atom stereocenters. The lowest BCUT2D eigenvalue weighted by Crippen LogP contribution is -2.49. The van der Waals surface area contributed by atoms with Crippen LogP contribution in [-0.2, 0) is 11.3 Å². The molecule has 0 aromatic carbocycles. The summed E-state index contributed by atoms with van der Waals surface area (Å²) >= 11 is 1.55. The average Bonchev–Trinajstić information content (AvgIpc) is 2.86. The van der Waals surface area contributed by atoms with Crippen molar-refractivity contribution >= 4 is 23.8 Å². The number of carbonyl (C=O) groups excluding carboxylic acids is 1. The fourth-order valence-electron chi connectivity index (χ4n) is 1.67. The van der Waals surface area contributed by atoms with E-state index in [-0.39, 0.29) is 6.04 Å². The highest BCUT2D eigenvalue weighted by atomic mass is 32.2. The number of carbonyl (C=O) groups is 2. The quantitative estimate of drug-likeness (QED) is 0.659. The topological polar surface area (TPSA) is 96.3 Å². The zero-order valence-electron chi connectivity index (χ0n) is 11.6. The fraction of sp³-hybridized carbons (Fsp3) is 0.583. The van der Waals surface area contributed by atoms with Crippen molar-refractivity contribution in [3.63, 3.8) is 0 Å². The molecule has 1 heterocycles. The zero-order valence-corrected chi connectivity index (χ0v) is 12.4. The molecule has 112 valence electrons. The van der Waals surface area contributed by atoms with E-state index in [1.165, 1.54) is 0 Å². The van der Waals surface area contributed by atoms with Gasteiger partial charge >= 0.3 is 12.0 Å². The molecule has 0 bridgehead atoms. The van der Waals surface area contributed by atoms with Gasteiger partial charge in [0.15, 0.2) is 0 Å². The van der Waals surface area contributed by atoms with E-state index in [1.807, 2.05) is 17.7 Å². The SMILES string of the molecule is CSCC[C@H](NC(=O)NC(C)Cn1ccnc1)C(=O)O. The summed E-state index contributed by atoms with van der Waals surface area (Å²) in [5, 5.41) is 14.2. The highest BCUT2D eigenvalue weighted by Crippen LogP contribution is 2.01. The Morgan fingerprint density at radius 1 is 1.45 bits per heavy atom.